The highest BCUT2D eigenvalue weighted by Gasteiger charge is 2.19. The number of nitrogens with one attached hydrogen (secondary N) is 1. The summed E-state index contributed by atoms with van der Waals surface area (Å²) in [6.07, 6.45) is 5.72. The first kappa shape index (κ1) is 10.4. The Morgan fingerprint density at radius 2 is 2.13 bits per heavy atom. The molecule has 0 amide bonds. The Balaban J connectivity index is 1.93. The summed E-state index contributed by atoms with van der Waals surface area (Å²) >= 11 is 0. The van der Waals surface area contributed by atoms with Crippen molar-refractivity contribution in [2.24, 2.45) is 0 Å². The first-order valence-electron chi connectivity index (χ1n) is 5.51. The van der Waals surface area contributed by atoms with Crippen LogP contribution in [0.4, 0.5) is 0 Å². The van der Waals surface area contributed by atoms with Gasteiger partial charge in [0.25, 0.3) is 0 Å². The molecule has 0 radical (unpaired) electrons. The van der Waals surface area contributed by atoms with Gasteiger partial charge in [-0.15, -0.1) is 0 Å². The summed E-state index contributed by atoms with van der Waals surface area (Å²) in [7, 11) is 0. The molecule has 0 spiro atoms. The molecular formula is C13H17NO. The van der Waals surface area contributed by atoms with Gasteiger partial charge in [0.05, 0.1) is 6.10 Å². The topological polar surface area (TPSA) is 32.3 Å². The van der Waals surface area contributed by atoms with Crippen LogP contribution in [0.2, 0.25) is 0 Å². The van der Waals surface area contributed by atoms with Crippen LogP contribution in [0.15, 0.2) is 36.4 Å². The summed E-state index contributed by atoms with van der Waals surface area (Å²) in [5, 5.41) is 13.2. The van der Waals surface area contributed by atoms with Crippen LogP contribution in [0.3, 0.4) is 0 Å². The van der Waals surface area contributed by atoms with E-state index in [4.69, 9.17) is 0 Å². The molecule has 1 aliphatic rings. The third-order valence-electron chi connectivity index (χ3n) is 2.80. The Labute approximate surface area is 90.6 Å². The zero-order valence-electron chi connectivity index (χ0n) is 8.76. The van der Waals surface area contributed by atoms with Crippen LogP contribution in [-0.4, -0.2) is 23.8 Å². The smallest absolute Gasteiger partial charge is 0.0877 e. The second-order valence-corrected chi connectivity index (χ2v) is 3.96. The second-order valence-electron chi connectivity index (χ2n) is 3.96. The molecule has 2 atom stereocenters. The highest BCUT2D eigenvalue weighted by atomic mass is 16.3. The van der Waals surface area contributed by atoms with E-state index in [9.17, 15) is 5.11 Å². The van der Waals surface area contributed by atoms with Crippen LogP contribution in [0, 0.1) is 0 Å². The fourth-order valence-corrected chi connectivity index (χ4v) is 1.91. The monoisotopic (exact) mass is 203 g/mol. The van der Waals surface area contributed by atoms with Crippen molar-refractivity contribution < 1.29 is 5.11 Å². The van der Waals surface area contributed by atoms with Gasteiger partial charge < -0.3 is 10.4 Å². The van der Waals surface area contributed by atoms with Crippen LogP contribution >= 0.6 is 0 Å². The van der Waals surface area contributed by atoms with Crippen molar-refractivity contribution in [3.8, 4) is 0 Å². The predicted octanol–water partition coefficient (Wildman–Crippen LogP) is 1.81. The Morgan fingerprint density at radius 3 is 2.80 bits per heavy atom. The molecule has 2 N–H and O–H groups in total. The van der Waals surface area contributed by atoms with Crippen LogP contribution in [0.5, 0.6) is 0 Å². The number of hydrogen-bond donors (Lipinski definition) is 2. The summed E-state index contributed by atoms with van der Waals surface area (Å²) in [5.74, 6) is 0. The zero-order chi connectivity index (χ0) is 10.5. The Bertz CT molecular complexity index is 315. The third-order valence-corrected chi connectivity index (χ3v) is 2.80. The predicted molar refractivity (Wildman–Crippen MR) is 62.5 cm³/mol. The molecule has 1 unspecified atom stereocenters. The average molecular weight is 203 g/mol. The van der Waals surface area contributed by atoms with Crippen LogP contribution in [-0.2, 0) is 0 Å². The van der Waals surface area contributed by atoms with E-state index < -0.39 is 0 Å². The molecule has 1 saturated heterocycles. The highest BCUT2D eigenvalue weighted by Crippen LogP contribution is 2.11. The maximum Gasteiger partial charge on any atom is 0.0877 e. The molecule has 1 fully saturated rings. The summed E-state index contributed by atoms with van der Waals surface area (Å²) in [6, 6.07) is 10.3. The van der Waals surface area contributed by atoms with E-state index in [0.717, 1.165) is 18.5 Å². The van der Waals surface area contributed by atoms with E-state index >= 15 is 0 Å². The van der Waals surface area contributed by atoms with Crippen molar-refractivity contribution in [2.45, 2.75) is 25.0 Å². The molecule has 0 saturated carbocycles. The fourth-order valence-electron chi connectivity index (χ4n) is 1.91. The van der Waals surface area contributed by atoms with Crippen LogP contribution < -0.4 is 5.32 Å². The van der Waals surface area contributed by atoms with E-state index in [1.807, 2.05) is 42.5 Å². The van der Waals surface area contributed by atoms with Gasteiger partial charge in [-0.3, -0.25) is 0 Å². The molecule has 80 valence electrons. The molecule has 15 heavy (non-hydrogen) atoms. The Hall–Kier alpha value is -1.12. The maximum absolute atomic E-state index is 9.86. The third kappa shape index (κ3) is 2.91. The van der Waals surface area contributed by atoms with Gasteiger partial charge in [-0.25, -0.2) is 0 Å². The SMILES string of the molecule is O[C@H](/C=C/c1ccccc1)C1CCCN1. The minimum atomic E-state index is -0.368. The lowest BCUT2D eigenvalue weighted by Gasteiger charge is -2.13. The Morgan fingerprint density at radius 1 is 1.33 bits per heavy atom. The summed E-state index contributed by atoms with van der Waals surface area (Å²) in [6.45, 7) is 1.03. The molecule has 0 bridgehead atoms. The van der Waals surface area contributed by atoms with E-state index in [0.29, 0.717) is 0 Å². The lowest BCUT2D eigenvalue weighted by Crippen LogP contribution is -2.33. The summed E-state index contributed by atoms with van der Waals surface area (Å²) < 4.78 is 0. The zero-order valence-corrected chi connectivity index (χ0v) is 8.76. The number of benzene rings is 1. The minimum absolute atomic E-state index is 0.241. The summed E-state index contributed by atoms with van der Waals surface area (Å²) in [5.41, 5.74) is 1.13. The standard InChI is InChI=1S/C13H17NO/c15-13(12-7-4-10-14-12)9-8-11-5-2-1-3-6-11/h1-3,5-6,8-9,12-15H,4,7,10H2/b9-8+/t12?,13-/m1/s1. The molecule has 2 nitrogen and oxygen atoms in total. The van der Waals surface area contributed by atoms with Gasteiger partial charge in [0.2, 0.25) is 0 Å². The van der Waals surface area contributed by atoms with Crippen molar-refractivity contribution in [2.75, 3.05) is 6.54 Å². The van der Waals surface area contributed by atoms with Crippen molar-refractivity contribution >= 4 is 6.08 Å². The van der Waals surface area contributed by atoms with Gasteiger partial charge in [-0.05, 0) is 24.9 Å². The number of aliphatic hydroxyl groups is 1. The van der Waals surface area contributed by atoms with E-state index in [1.54, 1.807) is 0 Å². The van der Waals surface area contributed by atoms with Gasteiger partial charge in [-0.2, -0.15) is 0 Å². The van der Waals surface area contributed by atoms with Crippen molar-refractivity contribution in [3.05, 3.63) is 42.0 Å². The van der Waals surface area contributed by atoms with Crippen LogP contribution in [0.25, 0.3) is 6.08 Å². The molecule has 1 aromatic carbocycles. The van der Waals surface area contributed by atoms with Crippen LogP contribution in [0.1, 0.15) is 18.4 Å². The van der Waals surface area contributed by atoms with Gasteiger partial charge >= 0.3 is 0 Å². The number of aliphatic hydroxyl groups excluding tert-OH is 1. The van der Waals surface area contributed by atoms with Crippen molar-refractivity contribution in [1.82, 2.24) is 5.32 Å². The molecule has 0 aromatic heterocycles. The largest absolute Gasteiger partial charge is 0.387 e. The highest BCUT2D eigenvalue weighted by molar-refractivity contribution is 5.49. The normalized spacial score (nSPS) is 23.4. The van der Waals surface area contributed by atoms with Crippen molar-refractivity contribution in [3.63, 3.8) is 0 Å². The number of hydrogen-bond acceptors (Lipinski definition) is 2. The molecule has 2 heteroatoms. The molecule has 1 aromatic rings. The molecule has 1 heterocycles. The minimum Gasteiger partial charge on any atom is -0.387 e. The van der Waals surface area contributed by atoms with Gasteiger partial charge in [0, 0.05) is 6.04 Å². The van der Waals surface area contributed by atoms with Gasteiger partial charge in [0.15, 0.2) is 0 Å². The van der Waals surface area contributed by atoms with Gasteiger partial charge in [0.1, 0.15) is 0 Å². The lowest BCUT2D eigenvalue weighted by atomic mass is 10.1. The van der Waals surface area contributed by atoms with E-state index in [1.165, 1.54) is 6.42 Å². The van der Waals surface area contributed by atoms with E-state index in [-0.39, 0.29) is 12.1 Å². The molecule has 1 aliphatic heterocycles. The molecule has 0 aliphatic carbocycles. The first-order chi connectivity index (χ1) is 7.36. The van der Waals surface area contributed by atoms with Gasteiger partial charge in [-0.1, -0.05) is 42.5 Å². The second kappa shape index (κ2) is 5.10. The quantitative estimate of drug-likeness (QED) is 0.785. The summed E-state index contributed by atoms with van der Waals surface area (Å²) in [4.78, 5) is 0. The van der Waals surface area contributed by atoms with E-state index in [2.05, 4.69) is 5.32 Å². The molecular weight excluding hydrogens is 186 g/mol. The number of rotatable bonds is 3. The fraction of sp³-hybridized carbons (Fsp3) is 0.385. The van der Waals surface area contributed by atoms with Crippen molar-refractivity contribution in [1.29, 1.82) is 0 Å². The average Bonchev–Trinajstić information content (AvgIpc) is 2.81. The maximum atomic E-state index is 9.86. The molecule has 2 rings (SSSR count). The first-order valence-corrected chi connectivity index (χ1v) is 5.51. The Kier molecular flexibility index (Phi) is 3.54. The lowest BCUT2D eigenvalue weighted by molar-refractivity contribution is 0.182.